The highest BCUT2D eigenvalue weighted by atomic mass is 16.3. The van der Waals surface area contributed by atoms with Crippen molar-refractivity contribution in [2.45, 2.75) is 45.8 Å². The molecule has 1 aromatic rings. The number of carbonyl (C=O) groups excluding carboxylic acids is 1. The second kappa shape index (κ2) is 7.96. The van der Waals surface area contributed by atoms with Crippen molar-refractivity contribution in [3.8, 4) is 0 Å². The van der Waals surface area contributed by atoms with Gasteiger partial charge in [0, 0.05) is 12.6 Å². The van der Waals surface area contributed by atoms with Crippen molar-refractivity contribution < 1.29 is 9.21 Å². The van der Waals surface area contributed by atoms with E-state index in [1.54, 1.807) is 6.26 Å². The fourth-order valence-corrected chi connectivity index (χ4v) is 2.06. The molecular weight excluding hydrogens is 242 g/mol. The predicted molar refractivity (Wildman–Crippen MR) is 75.5 cm³/mol. The maximum absolute atomic E-state index is 12.1. The van der Waals surface area contributed by atoms with E-state index in [2.05, 4.69) is 24.1 Å². The van der Waals surface area contributed by atoms with E-state index in [1.807, 2.05) is 19.1 Å². The molecule has 108 valence electrons. The van der Waals surface area contributed by atoms with Crippen molar-refractivity contribution in [3.05, 3.63) is 24.2 Å². The molecule has 1 atom stereocenters. The van der Waals surface area contributed by atoms with Gasteiger partial charge in [0.2, 0.25) is 5.91 Å². The van der Waals surface area contributed by atoms with E-state index >= 15 is 0 Å². The topological polar surface area (TPSA) is 71.5 Å². The van der Waals surface area contributed by atoms with Crippen LogP contribution in [0.5, 0.6) is 0 Å². The molecule has 0 radical (unpaired) electrons. The second-order valence-corrected chi connectivity index (χ2v) is 4.95. The van der Waals surface area contributed by atoms with Crippen molar-refractivity contribution in [1.29, 1.82) is 0 Å². The Morgan fingerprint density at radius 1 is 1.47 bits per heavy atom. The molecule has 0 aromatic carbocycles. The minimum Gasteiger partial charge on any atom is -0.467 e. The molecule has 1 amide bonds. The summed E-state index contributed by atoms with van der Waals surface area (Å²) in [6.07, 6.45) is 2.50. The lowest BCUT2D eigenvalue weighted by molar-refractivity contribution is -0.126. The number of hydrogen-bond donors (Lipinski definition) is 2. The smallest absolute Gasteiger partial charge is 0.237 e. The van der Waals surface area contributed by atoms with Crippen molar-refractivity contribution >= 4 is 5.91 Å². The van der Waals surface area contributed by atoms with Crippen LogP contribution in [-0.2, 0) is 11.3 Å². The van der Waals surface area contributed by atoms with Crippen LogP contribution in [0.3, 0.4) is 0 Å². The summed E-state index contributed by atoms with van der Waals surface area (Å²) < 4.78 is 5.19. The molecule has 0 aliphatic carbocycles. The minimum absolute atomic E-state index is 0.0159. The molecule has 0 aliphatic rings. The van der Waals surface area contributed by atoms with E-state index in [0.29, 0.717) is 19.1 Å². The van der Waals surface area contributed by atoms with Gasteiger partial charge in [0.15, 0.2) is 0 Å². The quantitative estimate of drug-likeness (QED) is 0.745. The molecule has 3 N–H and O–H groups in total. The third kappa shape index (κ3) is 5.04. The van der Waals surface area contributed by atoms with Crippen LogP contribution in [0.15, 0.2) is 22.8 Å². The zero-order valence-electron chi connectivity index (χ0n) is 12.1. The lowest BCUT2D eigenvalue weighted by Crippen LogP contribution is -2.48. The van der Waals surface area contributed by atoms with Gasteiger partial charge in [-0.3, -0.25) is 9.69 Å². The normalized spacial score (nSPS) is 12.9. The lowest BCUT2D eigenvalue weighted by atomic mass is 10.2. The third-order valence-electron chi connectivity index (χ3n) is 3.18. The van der Waals surface area contributed by atoms with Gasteiger partial charge in [-0.15, -0.1) is 0 Å². The number of amides is 1. The number of nitrogens with zero attached hydrogens (tertiary/aromatic N) is 1. The van der Waals surface area contributed by atoms with Crippen LogP contribution in [0.25, 0.3) is 0 Å². The molecule has 1 rings (SSSR count). The molecule has 0 spiro atoms. The average Bonchev–Trinajstić information content (AvgIpc) is 2.88. The molecule has 1 unspecified atom stereocenters. The van der Waals surface area contributed by atoms with Gasteiger partial charge in [-0.2, -0.15) is 0 Å². The summed E-state index contributed by atoms with van der Waals surface area (Å²) in [6.45, 7) is 8.01. The first kappa shape index (κ1) is 15.7. The first-order valence-electron chi connectivity index (χ1n) is 6.82. The highest BCUT2D eigenvalue weighted by Crippen LogP contribution is 2.07. The van der Waals surface area contributed by atoms with Crippen molar-refractivity contribution in [3.63, 3.8) is 0 Å². The molecule has 0 bridgehead atoms. The van der Waals surface area contributed by atoms with Crippen LogP contribution in [0.4, 0.5) is 0 Å². The van der Waals surface area contributed by atoms with E-state index in [4.69, 9.17) is 10.2 Å². The van der Waals surface area contributed by atoms with Gasteiger partial charge in [0.1, 0.15) is 5.76 Å². The highest BCUT2D eigenvalue weighted by molar-refractivity contribution is 5.81. The Labute approximate surface area is 115 Å². The van der Waals surface area contributed by atoms with Crippen LogP contribution in [0, 0.1) is 0 Å². The summed E-state index contributed by atoms with van der Waals surface area (Å²) in [7, 11) is 0. The summed E-state index contributed by atoms with van der Waals surface area (Å²) in [6, 6.07) is 3.81. The molecule has 1 aromatic heterocycles. The number of carbonyl (C=O) groups is 1. The number of nitrogens with one attached hydrogen (secondary N) is 1. The van der Waals surface area contributed by atoms with E-state index in [-0.39, 0.29) is 11.9 Å². The maximum Gasteiger partial charge on any atom is 0.237 e. The Kier molecular flexibility index (Phi) is 6.59. The Hall–Kier alpha value is -1.33. The van der Waals surface area contributed by atoms with Gasteiger partial charge < -0.3 is 15.5 Å². The van der Waals surface area contributed by atoms with Crippen molar-refractivity contribution in [1.82, 2.24) is 10.2 Å². The van der Waals surface area contributed by atoms with Crippen LogP contribution >= 0.6 is 0 Å². The SMILES string of the molecule is CC(C)N(CCCN)C(C)C(=O)NCc1ccco1. The molecule has 0 aliphatic heterocycles. The zero-order chi connectivity index (χ0) is 14.3. The Bertz CT molecular complexity index is 363. The monoisotopic (exact) mass is 267 g/mol. The second-order valence-electron chi connectivity index (χ2n) is 4.95. The fourth-order valence-electron chi connectivity index (χ4n) is 2.06. The van der Waals surface area contributed by atoms with Crippen LogP contribution in [0.1, 0.15) is 33.0 Å². The van der Waals surface area contributed by atoms with Gasteiger partial charge >= 0.3 is 0 Å². The Morgan fingerprint density at radius 3 is 2.74 bits per heavy atom. The first-order valence-corrected chi connectivity index (χ1v) is 6.82. The predicted octanol–water partition coefficient (Wildman–Crippen LogP) is 1.34. The van der Waals surface area contributed by atoms with Crippen LogP contribution < -0.4 is 11.1 Å². The zero-order valence-corrected chi connectivity index (χ0v) is 12.1. The summed E-state index contributed by atoms with van der Waals surface area (Å²) in [5.74, 6) is 0.778. The number of rotatable bonds is 8. The van der Waals surface area contributed by atoms with Gasteiger partial charge in [-0.25, -0.2) is 0 Å². The molecule has 19 heavy (non-hydrogen) atoms. The number of hydrogen-bond acceptors (Lipinski definition) is 4. The molecule has 1 heterocycles. The number of furan rings is 1. The molecule has 0 fully saturated rings. The molecule has 0 saturated carbocycles. The largest absolute Gasteiger partial charge is 0.467 e. The van der Waals surface area contributed by atoms with Crippen molar-refractivity contribution in [2.75, 3.05) is 13.1 Å². The highest BCUT2D eigenvalue weighted by Gasteiger charge is 2.22. The number of nitrogens with two attached hydrogens (primary N) is 1. The maximum atomic E-state index is 12.1. The first-order chi connectivity index (χ1) is 9.06. The molecular formula is C14H25N3O2. The Balaban J connectivity index is 2.48. The molecule has 5 nitrogen and oxygen atoms in total. The van der Waals surface area contributed by atoms with E-state index in [9.17, 15) is 4.79 Å². The summed E-state index contributed by atoms with van der Waals surface area (Å²) in [4.78, 5) is 14.3. The van der Waals surface area contributed by atoms with Crippen molar-refractivity contribution in [2.24, 2.45) is 5.73 Å². The minimum atomic E-state index is -0.165. The van der Waals surface area contributed by atoms with Crippen LogP contribution in [-0.4, -0.2) is 36.0 Å². The van der Waals surface area contributed by atoms with E-state index < -0.39 is 0 Å². The Morgan fingerprint density at radius 2 is 2.21 bits per heavy atom. The summed E-state index contributed by atoms with van der Waals surface area (Å²) >= 11 is 0. The van der Waals surface area contributed by atoms with E-state index in [1.165, 1.54) is 0 Å². The third-order valence-corrected chi connectivity index (χ3v) is 3.18. The average molecular weight is 267 g/mol. The van der Waals surface area contributed by atoms with Gasteiger partial charge in [0.25, 0.3) is 0 Å². The van der Waals surface area contributed by atoms with E-state index in [0.717, 1.165) is 18.7 Å². The van der Waals surface area contributed by atoms with Gasteiger partial charge in [-0.1, -0.05) is 0 Å². The van der Waals surface area contributed by atoms with Crippen LogP contribution in [0.2, 0.25) is 0 Å². The van der Waals surface area contributed by atoms with Gasteiger partial charge in [0.05, 0.1) is 18.8 Å². The fraction of sp³-hybridized carbons (Fsp3) is 0.643. The van der Waals surface area contributed by atoms with Gasteiger partial charge in [-0.05, 0) is 45.9 Å². The summed E-state index contributed by atoms with van der Waals surface area (Å²) in [5, 5.41) is 2.89. The standard InChI is InChI=1S/C14H25N3O2/c1-11(2)17(8-5-7-15)12(3)14(18)16-10-13-6-4-9-19-13/h4,6,9,11-12H,5,7-8,10,15H2,1-3H3,(H,16,18). The molecule has 5 heteroatoms. The summed E-state index contributed by atoms with van der Waals surface area (Å²) in [5.41, 5.74) is 5.54. The lowest BCUT2D eigenvalue weighted by Gasteiger charge is -2.31. The molecule has 0 saturated heterocycles.